The van der Waals surface area contributed by atoms with Gasteiger partial charge in [-0.3, -0.25) is 0 Å². The molecule has 0 aromatic heterocycles. The molecular formula is C16H26N2. The van der Waals surface area contributed by atoms with E-state index in [-0.39, 0.29) is 6.04 Å². The number of benzene rings is 1. The second-order valence-electron chi connectivity index (χ2n) is 5.63. The predicted octanol–water partition coefficient (Wildman–Crippen LogP) is 3.72. The van der Waals surface area contributed by atoms with Gasteiger partial charge in [0, 0.05) is 24.8 Å². The number of rotatable bonds is 3. The summed E-state index contributed by atoms with van der Waals surface area (Å²) >= 11 is 0. The Morgan fingerprint density at radius 1 is 1.22 bits per heavy atom. The third-order valence-corrected chi connectivity index (χ3v) is 4.14. The lowest BCUT2D eigenvalue weighted by Crippen LogP contribution is -2.24. The summed E-state index contributed by atoms with van der Waals surface area (Å²) in [6.07, 6.45) is 5.00. The summed E-state index contributed by atoms with van der Waals surface area (Å²) in [4.78, 5) is 2.52. The Kier molecular flexibility index (Phi) is 4.65. The number of anilines is 1. The first-order valence-electron chi connectivity index (χ1n) is 7.31. The van der Waals surface area contributed by atoms with Gasteiger partial charge in [-0.1, -0.05) is 26.0 Å². The first-order valence-corrected chi connectivity index (χ1v) is 7.31. The van der Waals surface area contributed by atoms with Crippen molar-refractivity contribution in [3.63, 3.8) is 0 Å². The van der Waals surface area contributed by atoms with Crippen molar-refractivity contribution in [3.8, 4) is 0 Å². The van der Waals surface area contributed by atoms with Gasteiger partial charge >= 0.3 is 0 Å². The SMILES string of the molecule is CCC(N)c1ccc(N2CCCC(C)CC2)cc1. The van der Waals surface area contributed by atoms with Gasteiger partial charge in [-0.05, 0) is 49.3 Å². The van der Waals surface area contributed by atoms with Crippen molar-refractivity contribution in [1.82, 2.24) is 0 Å². The molecule has 1 saturated heterocycles. The average Bonchev–Trinajstić information content (AvgIpc) is 2.63. The molecule has 2 atom stereocenters. The highest BCUT2D eigenvalue weighted by molar-refractivity contribution is 5.48. The Morgan fingerprint density at radius 3 is 2.61 bits per heavy atom. The maximum absolute atomic E-state index is 6.05. The third kappa shape index (κ3) is 3.26. The van der Waals surface area contributed by atoms with Gasteiger partial charge in [0.25, 0.3) is 0 Å². The monoisotopic (exact) mass is 246 g/mol. The van der Waals surface area contributed by atoms with Crippen LogP contribution in [0.4, 0.5) is 5.69 Å². The van der Waals surface area contributed by atoms with Crippen molar-refractivity contribution < 1.29 is 0 Å². The minimum absolute atomic E-state index is 0.184. The summed E-state index contributed by atoms with van der Waals surface area (Å²) in [5.41, 5.74) is 8.66. The van der Waals surface area contributed by atoms with Crippen molar-refractivity contribution >= 4 is 5.69 Å². The molecule has 2 unspecified atom stereocenters. The Hall–Kier alpha value is -1.02. The summed E-state index contributed by atoms with van der Waals surface area (Å²) in [7, 11) is 0. The summed E-state index contributed by atoms with van der Waals surface area (Å²) in [6.45, 7) is 6.89. The van der Waals surface area contributed by atoms with E-state index < -0.39 is 0 Å². The van der Waals surface area contributed by atoms with Crippen LogP contribution in [0.3, 0.4) is 0 Å². The highest BCUT2D eigenvalue weighted by Crippen LogP contribution is 2.24. The highest BCUT2D eigenvalue weighted by Gasteiger charge is 2.14. The maximum Gasteiger partial charge on any atom is 0.0366 e. The normalized spacial score (nSPS) is 22.6. The zero-order valence-electron chi connectivity index (χ0n) is 11.7. The molecule has 2 rings (SSSR count). The predicted molar refractivity (Wildman–Crippen MR) is 78.9 cm³/mol. The van der Waals surface area contributed by atoms with Crippen LogP contribution in [0.2, 0.25) is 0 Å². The largest absolute Gasteiger partial charge is 0.372 e. The molecule has 2 nitrogen and oxygen atoms in total. The van der Waals surface area contributed by atoms with E-state index in [1.165, 1.54) is 43.6 Å². The van der Waals surface area contributed by atoms with Crippen molar-refractivity contribution in [2.45, 2.75) is 45.6 Å². The van der Waals surface area contributed by atoms with Crippen molar-refractivity contribution in [2.75, 3.05) is 18.0 Å². The van der Waals surface area contributed by atoms with Gasteiger partial charge in [0.05, 0.1) is 0 Å². The van der Waals surface area contributed by atoms with E-state index in [1.54, 1.807) is 0 Å². The first kappa shape index (κ1) is 13.4. The van der Waals surface area contributed by atoms with Crippen LogP contribution < -0.4 is 10.6 Å². The molecule has 1 fully saturated rings. The van der Waals surface area contributed by atoms with Crippen LogP contribution in [-0.4, -0.2) is 13.1 Å². The van der Waals surface area contributed by atoms with E-state index in [1.807, 2.05) is 0 Å². The van der Waals surface area contributed by atoms with Crippen LogP contribution in [-0.2, 0) is 0 Å². The lowest BCUT2D eigenvalue weighted by molar-refractivity contribution is 0.521. The second-order valence-corrected chi connectivity index (χ2v) is 5.63. The van der Waals surface area contributed by atoms with Gasteiger partial charge in [0.2, 0.25) is 0 Å². The van der Waals surface area contributed by atoms with E-state index >= 15 is 0 Å². The van der Waals surface area contributed by atoms with E-state index in [9.17, 15) is 0 Å². The smallest absolute Gasteiger partial charge is 0.0366 e. The molecule has 0 bridgehead atoms. The van der Waals surface area contributed by atoms with Gasteiger partial charge in [0.1, 0.15) is 0 Å². The highest BCUT2D eigenvalue weighted by atomic mass is 15.1. The van der Waals surface area contributed by atoms with Crippen LogP contribution in [0.5, 0.6) is 0 Å². The van der Waals surface area contributed by atoms with E-state index in [0.29, 0.717) is 0 Å². The lowest BCUT2D eigenvalue weighted by Gasteiger charge is -2.23. The molecule has 1 aromatic rings. The van der Waals surface area contributed by atoms with E-state index in [4.69, 9.17) is 5.73 Å². The molecule has 0 radical (unpaired) electrons. The van der Waals surface area contributed by atoms with Gasteiger partial charge in [-0.2, -0.15) is 0 Å². The topological polar surface area (TPSA) is 29.3 Å². The molecule has 1 aliphatic heterocycles. The van der Waals surface area contributed by atoms with Gasteiger partial charge in [0.15, 0.2) is 0 Å². The molecule has 18 heavy (non-hydrogen) atoms. The van der Waals surface area contributed by atoms with E-state index in [2.05, 4.69) is 43.0 Å². The molecule has 2 heteroatoms. The number of hydrogen-bond acceptors (Lipinski definition) is 2. The summed E-state index contributed by atoms with van der Waals surface area (Å²) < 4.78 is 0. The van der Waals surface area contributed by atoms with Crippen LogP contribution in [0.1, 0.15) is 51.1 Å². The molecule has 100 valence electrons. The number of nitrogens with zero attached hydrogens (tertiary/aromatic N) is 1. The fourth-order valence-electron chi connectivity index (χ4n) is 2.69. The zero-order valence-corrected chi connectivity index (χ0v) is 11.7. The first-order chi connectivity index (χ1) is 8.70. The quantitative estimate of drug-likeness (QED) is 0.880. The van der Waals surface area contributed by atoms with Crippen LogP contribution in [0.15, 0.2) is 24.3 Å². The zero-order chi connectivity index (χ0) is 13.0. The molecule has 0 saturated carbocycles. The third-order valence-electron chi connectivity index (χ3n) is 4.14. The number of nitrogens with two attached hydrogens (primary N) is 1. The minimum Gasteiger partial charge on any atom is -0.372 e. The Balaban J connectivity index is 2.04. The van der Waals surface area contributed by atoms with Crippen LogP contribution in [0.25, 0.3) is 0 Å². The molecule has 1 aromatic carbocycles. The molecule has 2 N–H and O–H groups in total. The molecule has 0 spiro atoms. The fraction of sp³-hybridized carbons (Fsp3) is 0.625. The molecule has 1 aliphatic rings. The van der Waals surface area contributed by atoms with E-state index in [0.717, 1.165) is 12.3 Å². The summed E-state index contributed by atoms with van der Waals surface area (Å²) in [5.74, 6) is 0.878. The minimum atomic E-state index is 0.184. The number of hydrogen-bond donors (Lipinski definition) is 1. The van der Waals surface area contributed by atoms with Crippen molar-refractivity contribution in [2.24, 2.45) is 11.7 Å². The second kappa shape index (κ2) is 6.24. The van der Waals surface area contributed by atoms with Gasteiger partial charge < -0.3 is 10.6 Å². The lowest BCUT2D eigenvalue weighted by atomic mass is 10.0. The summed E-state index contributed by atoms with van der Waals surface area (Å²) in [6, 6.07) is 9.04. The fourth-order valence-corrected chi connectivity index (χ4v) is 2.69. The molecule has 0 amide bonds. The molecule has 1 heterocycles. The molecule has 0 aliphatic carbocycles. The van der Waals surface area contributed by atoms with Gasteiger partial charge in [-0.25, -0.2) is 0 Å². The summed E-state index contributed by atoms with van der Waals surface area (Å²) in [5, 5.41) is 0. The molecular weight excluding hydrogens is 220 g/mol. The maximum atomic E-state index is 6.05. The van der Waals surface area contributed by atoms with Crippen molar-refractivity contribution in [3.05, 3.63) is 29.8 Å². The van der Waals surface area contributed by atoms with Crippen LogP contribution >= 0.6 is 0 Å². The van der Waals surface area contributed by atoms with Crippen molar-refractivity contribution in [1.29, 1.82) is 0 Å². The standard InChI is InChI=1S/C16H26N2/c1-3-16(17)14-6-8-15(9-7-14)18-11-4-5-13(2)10-12-18/h6-9,13,16H,3-5,10-12,17H2,1-2H3. The Bertz CT molecular complexity index is 358. The van der Waals surface area contributed by atoms with Gasteiger partial charge in [-0.15, -0.1) is 0 Å². The van der Waals surface area contributed by atoms with Crippen LogP contribution in [0, 0.1) is 5.92 Å². The average molecular weight is 246 g/mol. The Labute approximate surface area is 111 Å². The Morgan fingerprint density at radius 2 is 1.94 bits per heavy atom.